The topological polar surface area (TPSA) is 94.3 Å². The first kappa shape index (κ1) is 20.3. The molecule has 0 aromatic carbocycles. The predicted octanol–water partition coefficient (Wildman–Crippen LogP) is 1.63. The minimum atomic E-state index is -0.703. The maximum absolute atomic E-state index is 12.6. The first-order valence-electron chi connectivity index (χ1n) is 9.31. The lowest BCUT2D eigenvalue weighted by atomic mass is 10.2. The van der Waals surface area contributed by atoms with Crippen molar-refractivity contribution in [2.24, 2.45) is 0 Å². The molecule has 0 spiro atoms. The van der Waals surface area contributed by atoms with E-state index in [-0.39, 0.29) is 24.8 Å². The Bertz CT molecular complexity index is 862. The number of morpholine rings is 1. The molecular formula is C18H25ClN6O3. The second-order valence-corrected chi connectivity index (χ2v) is 7.11. The highest BCUT2D eigenvalue weighted by Crippen LogP contribution is 2.19. The van der Waals surface area contributed by atoms with E-state index < -0.39 is 6.10 Å². The molecule has 0 bridgehead atoms. The molecule has 1 saturated heterocycles. The van der Waals surface area contributed by atoms with Gasteiger partial charge in [0.25, 0.3) is 5.91 Å². The molecule has 3 rings (SSSR count). The first-order valence-corrected chi connectivity index (χ1v) is 9.69. The smallest absolute Gasteiger partial charge is 0.255 e. The maximum atomic E-state index is 12.6. The van der Waals surface area contributed by atoms with E-state index in [0.29, 0.717) is 30.4 Å². The van der Waals surface area contributed by atoms with Gasteiger partial charge in [0.2, 0.25) is 5.91 Å². The molecule has 1 unspecified atom stereocenters. The Kier molecular flexibility index (Phi) is 6.35. The summed E-state index contributed by atoms with van der Waals surface area (Å²) < 4.78 is 9.02. The third-order valence-corrected chi connectivity index (χ3v) is 5.31. The van der Waals surface area contributed by atoms with E-state index in [2.05, 4.69) is 15.5 Å². The van der Waals surface area contributed by atoms with E-state index in [1.807, 2.05) is 20.8 Å². The molecule has 0 saturated carbocycles. The van der Waals surface area contributed by atoms with Crippen molar-refractivity contribution in [2.45, 2.75) is 46.4 Å². The fraction of sp³-hybridized carbons (Fsp3) is 0.556. The minimum absolute atomic E-state index is 0.0384. The van der Waals surface area contributed by atoms with Gasteiger partial charge in [-0.25, -0.2) is 0 Å². The summed E-state index contributed by atoms with van der Waals surface area (Å²) in [6.45, 7) is 7.86. The summed E-state index contributed by atoms with van der Waals surface area (Å²) in [5.74, 6) is -0.318. The summed E-state index contributed by atoms with van der Waals surface area (Å²) >= 11 is 6.15. The van der Waals surface area contributed by atoms with Crippen LogP contribution in [0.2, 0.25) is 5.02 Å². The Morgan fingerprint density at radius 2 is 2.18 bits per heavy atom. The Hall–Kier alpha value is -2.39. The second kappa shape index (κ2) is 8.74. The van der Waals surface area contributed by atoms with Crippen molar-refractivity contribution >= 4 is 29.1 Å². The van der Waals surface area contributed by atoms with Crippen LogP contribution in [-0.2, 0) is 27.4 Å². The van der Waals surface area contributed by atoms with Gasteiger partial charge in [-0.15, -0.1) is 0 Å². The Morgan fingerprint density at radius 3 is 2.82 bits per heavy atom. The van der Waals surface area contributed by atoms with Crippen LogP contribution in [0.5, 0.6) is 0 Å². The number of carbonyl (C=O) groups excluding carboxylic acids is 2. The van der Waals surface area contributed by atoms with Crippen LogP contribution in [0.25, 0.3) is 0 Å². The molecule has 152 valence electrons. The Morgan fingerprint density at radius 1 is 1.39 bits per heavy atom. The number of ether oxygens (including phenoxy) is 1. The van der Waals surface area contributed by atoms with E-state index in [9.17, 15) is 9.59 Å². The van der Waals surface area contributed by atoms with Crippen molar-refractivity contribution in [2.75, 3.05) is 25.0 Å². The number of anilines is 1. The normalized spacial score (nSPS) is 17.0. The van der Waals surface area contributed by atoms with Crippen molar-refractivity contribution in [3.63, 3.8) is 0 Å². The number of carbonyl (C=O) groups is 2. The average Bonchev–Trinajstić information content (AvgIpc) is 3.25. The average molecular weight is 409 g/mol. The van der Waals surface area contributed by atoms with Gasteiger partial charge in [0.1, 0.15) is 0 Å². The summed E-state index contributed by atoms with van der Waals surface area (Å²) in [5, 5.41) is 11.9. The minimum Gasteiger partial charge on any atom is -0.365 e. The highest BCUT2D eigenvalue weighted by molar-refractivity contribution is 6.31. The Balaban J connectivity index is 1.53. The highest BCUT2D eigenvalue weighted by atomic mass is 35.5. The third kappa shape index (κ3) is 4.53. The van der Waals surface area contributed by atoms with Gasteiger partial charge in [-0.05, 0) is 20.8 Å². The summed E-state index contributed by atoms with van der Waals surface area (Å²) in [4.78, 5) is 26.7. The summed E-state index contributed by atoms with van der Waals surface area (Å²) in [7, 11) is 0. The molecule has 9 nitrogen and oxygen atoms in total. The molecule has 1 aliphatic heterocycles. The molecule has 2 amide bonds. The van der Waals surface area contributed by atoms with Crippen LogP contribution in [0.4, 0.5) is 5.69 Å². The lowest BCUT2D eigenvalue weighted by molar-refractivity contribution is -0.144. The zero-order valence-electron chi connectivity index (χ0n) is 16.3. The van der Waals surface area contributed by atoms with Crippen LogP contribution in [0.15, 0.2) is 12.4 Å². The van der Waals surface area contributed by atoms with Crippen molar-refractivity contribution in [3.05, 3.63) is 28.8 Å². The molecule has 3 heterocycles. The van der Waals surface area contributed by atoms with Crippen LogP contribution in [0, 0.1) is 13.8 Å². The molecule has 1 N–H and O–H groups in total. The fourth-order valence-corrected chi connectivity index (χ4v) is 3.25. The molecule has 0 aliphatic carbocycles. The number of hydrogen-bond donors (Lipinski definition) is 1. The summed E-state index contributed by atoms with van der Waals surface area (Å²) in [6, 6.07) is 0. The second-order valence-electron chi connectivity index (χ2n) is 6.73. The van der Waals surface area contributed by atoms with Crippen LogP contribution >= 0.6 is 11.6 Å². The Labute approximate surface area is 168 Å². The number of nitrogens with one attached hydrogen (secondary N) is 1. The molecule has 28 heavy (non-hydrogen) atoms. The largest absolute Gasteiger partial charge is 0.365 e. The van der Waals surface area contributed by atoms with Crippen LogP contribution in [-0.4, -0.2) is 62.1 Å². The molecule has 1 aliphatic rings. The molecule has 1 atom stereocenters. The van der Waals surface area contributed by atoms with Crippen molar-refractivity contribution in [1.29, 1.82) is 0 Å². The molecule has 2 aromatic heterocycles. The van der Waals surface area contributed by atoms with Gasteiger partial charge >= 0.3 is 0 Å². The van der Waals surface area contributed by atoms with Crippen LogP contribution in [0.3, 0.4) is 0 Å². The lowest BCUT2D eigenvalue weighted by Crippen LogP contribution is -2.50. The molecule has 10 heteroatoms. The van der Waals surface area contributed by atoms with Gasteiger partial charge in [-0.3, -0.25) is 19.0 Å². The lowest BCUT2D eigenvalue weighted by Gasteiger charge is -2.32. The highest BCUT2D eigenvalue weighted by Gasteiger charge is 2.29. The van der Waals surface area contributed by atoms with Gasteiger partial charge < -0.3 is 15.0 Å². The van der Waals surface area contributed by atoms with E-state index >= 15 is 0 Å². The van der Waals surface area contributed by atoms with Crippen molar-refractivity contribution in [1.82, 2.24) is 24.5 Å². The van der Waals surface area contributed by atoms with Crippen LogP contribution < -0.4 is 5.32 Å². The zero-order chi connectivity index (χ0) is 20.3. The van der Waals surface area contributed by atoms with E-state index in [0.717, 1.165) is 17.9 Å². The number of halogens is 1. The van der Waals surface area contributed by atoms with E-state index in [4.69, 9.17) is 16.3 Å². The SMILES string of the molecule is CCn1cc(NC(=O)C2CN(C(=O)CCn3nc(C)c(Cl)c3C)CCO2)cn1. The zero-order valence-corrected chi connectivity index (χ0v) is 17.1. The van der Waals surface area contributed by atoms with Crippen LogP contribution in [0.1, 0.15) is 24.7 Å². The number of aromatic nitrogens is 4. The van der Waals surface area contributed by atoms with E-state index in [1.165, 1.54) is 0 Å². The monoisotopic (exact) mass is 408 g/mol. The third-order valence-electron chi connectivity index (χ3n) is 4.77. The number of nitrogens with zero attached hydrogens (tertiary/aromatic N) is 5. The maximum Gasteiger partial charge on any atom is 0.255 e. The molecule has 0 radical (unpaired) electrons. The number of rotatable bonds is 6. The molecule has 2 aromatic rings. The van der Waals surface area contributed by atoms with Gasteiger partial charge in [0.05, 0.1) is 48.0 Å². The van der Waals surface area contributed by atoms with Gasteiger partial charge in [0, 0.05) is 25.7 Å². The number of hydrogen-bond acceptors (Lipinski definition) is 5. The van der Waals surface area contributed by atoms with Gasteiger partial charge in [-0.1, -0.05) is 11.6 Å². The first-order chi connectivity index (χ1) is 13.4. The van der Waals surface area contributed by atoms with Gasteiger partial charge in [-0.2, -0.15) is 10.2 Å². The van der Waals surface area contributed by atoms with Gasteiger partial charge in [0.15, 0.2) is 6.10 Å². The standard InChI is InChI=1S/C18H25ClN6O3/c1-4-24-10-14(9-20-24)21-18(27)15-11-23(7-8-28-15)16(26)5-6-25-13(3)17(19)12(2)22-25/h9-10,15H,4-8,11H2,1-3H3,(H,21,27). The predicted molar refractivity (Wildman–Crippen MR) is 104 cm³/mol. The number of aryl methyl sites for hydroxylation is 3. The quantitative estimate of drug-likeness (QED) is 0.783. The molecule has 1 fully saturated rings. The van der Waals surface area contributed by atoms with E-state index in [1.54, 1.807) is 26.7 Å². The summed E-state index contributed by atoms with van der Waals surface area (Å²) in [5.41, 5.74) is 2.21. The summed E-state index contributed by atoms with van der Waals surface area (Å²) in [6.07, 6.45) is 2.93. The van der Waals surface area contributed by atoms with Crippen molar-refractivity contribution in [3.8, 4) is 0 Å². The number of amides is 2. The fourth-order valence-electron chi connectivity index (χ4n) is 3.11. The molecular weight excluding hydrogens is 384 g/mol. The van der Waals surface area contributed by atoms with Crippen molar-refractivity contribution < 1.29 is 14.3 Å².